The minimum atomic E-state index is -1.25. The van der Waals surface area contributed by atoms with Crippen LogP contribution in [0.4, 0.5) is 10.1 Å². The highest BCUT2D eigenvalue weighted by Gasteiger charge is 2.12. The Bertz CT molecular complexity index is 662. The number of aromatic carboxylic acids is 1. The van der Waals surface area contributed by atoms with Gasteiger partial charge >= 0.3 is 5.97 Å². The number of rotatable bonds is 4. The SMILES string of the molecule is O=C(/C=C/c1ccco1)Nc1cc(F)ccc1C(=O)O. The number of furan rings is 1. The van der Waals surface area contributed by atoms with E-state index in [0.717, 1.165) is 24.3 Å². The van der Waals surface area contributed by atoms with E-state index in [9.17, 15) is 14.0 Å². The third kappa shape index (κ3) is 3.32. The lowest BCUT2D eigenvalue weighted by molar-refractivity contribution is -0.111. The molecule has 0 aliphatic carbocycles. The van der Waals surface area contributed by atoms with Gasteiger partial charge in [-0.25, -0.2) is 9.18 Å². The monoisotopic (exact) mass is 275 g/mol. The largest absolute Gasteiger partial charge is 0.478 e. The molecule has 5 nitrogen and oxygen atoms in total. The molecule has 1 amide bonds. The number of hydrogen-bond acceptors (Lipinski definition) is 3. The van der Waals surface area contributed by atoms with Crippen molar-refractivity contribution < 1.29 is 23.5 Å². The molecular formula is C14H10FNO4. The van der Waals surface area contributed by atoms with Crippen LogP contribution in [0.1, 0.15) is 16.1 Å². The lowest BCUT2D eigenvalue weighted by Gasteiger charge is -2.06. The average Bonchev–Trinajstić information content (AvgIpc) is 2.89. The molecule has 0 unspecified atom stereocenters. The van der Waals surface area contributed by atoms with Gasteiger partial charge in [-0.3, -0.25) is 4.79 Å². The summed E-state index contributed by atoms with van der Waals surface area (Å²) in [4.78, 5) is 22.6. The van der Waals surface area contributed by atoms with Gasteiger partial charge in [0.15, 0.2) is 0 Å². The zero-order valence-electron chi connectivity index (χ0n) is 10.2. The molecule has 6 heteroatoms. The predicted molar refractivity (Wildman–Crippen MR) is 69.7 cm³/mol. The van der Waals surface area contributed by atoms with E-state index in [1.807, 2.05) is 0 Å². The molecule has 0 radical (unpaired) electrons. The first-order valence-electron chi connectivity index (χ1n) is 5.61. The summed E-state index contributed by atoms with van der Waals surface area (Å²) in [5.74, 6) is -2.01. The van der Waals surface area contributed by atoms with Gasteiger partial charge in [-0.2, -0.15) is 0 Å². The van der Waals surface area contributed by atoms with Gasteiger partial charge in [-0.15, -0.1) is 0 Å². The summed E-state index contributed by atoms with van der Waals surface area (Å²) in [6.07, 6.45) is 4.02. The number of anilines is 1. The first-order valence-corrected chi connectivity index (χ1v) is 5.61. The number of hydrogen-bond donors (Lipinski definition) is 2. The summed E-state index contributed by atoms with van der Waals surface area (Å²) < 4.78 is 18.1. The Kier molecular flexibility index (Phi) is 3.95. The molecule has 0 spiro atoms. The molecule has 0 aliphatic heterocycles. The fourth-order valence-corrected chi connectivity index (χ4v) is 1.52. The fraction of sp³-hybridized carbons (Fsp3) is 0. The van der Waals surface area contributed by atoms with Crippen molar-refractivity contribution in [2.24, 2.45) is 0 Å². The van der Waals surface area contributed by atoms with E-state index in [4.69, 9.17) is 9.52 Å². The molecule has 0 saturated heterocycles. The van der Waals surface area contributed by atoms with Crippen molar-refractivity contribution in [2.45, 2.75) is 0 Å². The van der Waals surface area contributed by atoms with Crippen molar-refractivity contribution in [1.29, 1.82) is 0 Å². The van der Waals surface area contributed by atoms with E-state index < -0.39 is 17.7 Å². The number of carboxylic acid groups (broad SMARTS) is 1. The molecular weight excluding hydrogens is 265 g/mol. The fourth-order valence-electron chi connectivity index (χ4n) is 1.52. The second-order valence-electron chi connectivity index (χ2n) is 3.83. The van der Waals surface area contributed by atoms with Gasteiger partial charge in [0, 0.05) is 6.08 Å². The van der Waals surface area contributed by atoms with Crippen molar-refractivity contribution in [3.8, 4) is 0 Å². The van der Waals surface area contributed by atoms with Gasteiger partial charge in [0.25, 0.3) is 0 Å². The number of benzene rings is 1. The maximum Gasteiger partial charge on any atom is 0.337 e. The number of carbonyl (C=O) groups excluding carboxylic acids is 1. The molecule has 0 saturated carbocycles. The molecule has 2 N–H and O–H groups in total. The van der Waals surface area contributed by atoms with Crippen molar-refractivity contribution >= 4 is 23.6 Å². The molecule has 1 aromatic carbocycles. The summed E-state index contributed by atoms with van der Waals surface area (Å²) in [5.41, 5.74) is -0.294. The summed E-state index contributed by atoms with van der Waals surface area (Å²) in [6.45, 7) is 0. The molecule has 102 valence electrons. The van der Waals surface area contributed by atoms with E-state index in [0.29, 0.717) is 5.76 Å². The van der Waals surface area contributed by atoms with Crippen LogP contribution < -0.4 is 5.32 Å². The van der Waals surface area contributed by atoms with E-state index in [1.54, 1.807) is 12.1 Å². The van der Waals surface area contributed by atoms with Crippen LogP contribution in [0.2, 0.25) is 0 Å². The third-order valence-electron chi connectivity index (χ3n) is 2.41. The Hall–Kier alpha value is -2.89. The van der Waals surface area contributed by atoms with Crippen LogP contribution in [0.25, 0.3) is 6.08 Å². The average molecular weight is 275 g/mol. The molecule has 20 heavy (non-hydrogen) atoms. The number of carboxylic acids is 1. The molecule has 0 aliphatic rings. The molecule has 0 fully saturated rings. The number of halogens is 1. The Morgan fingerprint density at radius 3 is 2.75 bits per heavy atom. The van der Waals surface area contributed by atoms with Gasteiger partial charge in [0.05, 0.1) is 17.5 Å². The van der Waals surface area contributed by atoms with Gasteiger partial charge < -0.3 is 14.8 Å². The van der Waals surface area contributed by atoms with Crippen molar-refractivity contribution in [2.75, 3.05) is 5.32 Å². The van der Waals surface area contributed by atoms with Crippen LogP contribution in [0.3, 0.4) is 0 Å². The number of nitrogens with one attached hydrogen (secondary N) is 1. The normalized spacial score (nSPS) is 10.7. The highest BCUT2D eigenvalue weighted by atomic mass is 19.1. The first kappa shape index (κ1) is 13.5. The summed E-state index contributed by atoms with van der Waals surface area (Å²) in [7, 11) is 0. The minimum Gasteiger partial charge on any atom is -0.478 e. The van der Waals surface area contributed by atoms with E-state index in [-0.39, 0.29) is 11.3 Å². The summed E-state index contributed by atoms with van der Waals surface area (Å²) in [6, 6.07) is 6.35. The van der Waals surface area contributed by atoms with Gasteiger partial charge in [-0.1, -0.05) is 0 Å². The molecule has 2 aromatic rings. The van der Waals surface area contributed by atoms with Crippen LogP contribution >= 0.6 is 0 Å². The van der Waals surface area contributed by atoms with Gasteiger partial charge in [-0.05, 0) is 36.4 Å². The topological polar surface area (TPSA) is 79.5 Å². The zero-order chi connectivity index (χ0) is 14.5. The summed E-state index contributed by atoms with van der Waals surface area (Å²) >= 11 is 0. The molecule has 0 bridgehead atoms. The maximum absolute atomic E-state index is 13.1. The number of carbonyl (C=O) groups is 2. The van der Waals surface area contributed by atoms with Gasteiger partial charge in [0.2, 0.25) is 5.91 Å². The summed E-state index contributed by atoms with van der Waals surface area (Å²) in [5, 5.41) is 11.2. The van der Waals surface area contributed by atoms with Crippen LogP contribution in [-0.4, -0.2) is 17.0 Å². The van der Waals surface area contributed by atoms with Crippen molar-refractivity contribution in [1.82, 2.24) is 0 Å². The van der Waals surface area contributed by atoms with E-state index in [1.165, 1.54) is 12.3 Å². The van der Waals surface area contributed by atoms with Crippen molar-refractivity contribution in [3.05, 3.63) is 59.8 Å². The van der Waals surface area contributed by atoms with Crippen LogP contribution in [0, 0.1) is 5.82 Å². The Morgan fingerprint density at radius 1 is 1.30 bits per heavy atom. The van der Waals surface area contributed by atoms with Gasteiger partial charge in [0.1, 0.15) is 11.6 Å². The smallest absolute Gasteiger partial charge is 0.337 e. The highest BCUT2D eigenvalue weighted by molar-refractivity contribution is 6.05. The lowest BCUT2D eigenvalue weighted by atomic mass is 10.1. The highest BCUT2D eigenvalue weighted by Crippen LogP contribution is 2.17. The maximum atomic E-state index is 13.1. The Morgan fingerprint density at radius 2 is 2.10 bits per heavy atom. The molecule has 0 atom stereocenters. The number of amides is 1. The molecule has 2 rings (SSSR count). The first-order chi connectivity index (χ1) is 9.56. The second-order valence-corrected chi connectivity index (χ2v) is 3.83. The molecule has 1 aromatic heterocycles. The lowest BCUT2D eigenvalue weighted by Crippen LogP contribution is -2.12. The minimum absolute atomic E-state index is 0.105. The third-order valence-corrected chi connectivity index (χ3v) is 2.41. The van der Waals surface area contributed by atoms with E-state index in [2.05, 4.69) is 5.32 Å². The Labute approximate surface area is 113 Å². The quantitative estimate of drug-likeness (QED) is 0.841. The Balaban J connectivity index is 2.15. The standard InChI is InChI=1S/C14H10FNO4/c15-9-3-5-11(14(18)19)12(8-9)16-13(17)6-4-10-2-1-7-20-10/h1-8H,(H,16,17)(H,18,19)/b6-4+. The van der Waals surface area contributed by atoms with Crippen LogP contribution in [0.5, 0.6) is 0 Å². The molecule has 1 heterocycles. The van der Waals surface area contributed by atoms with Crippen molar-refractivity contribution in [3.63, 3.8) is 0 Å². The van der Waals surface area contributed by atoms with E-state index >= 15 is 0 Å². The second kappa shape index (κ2) is 5.83. The van der Waals surface area contributed by atoms with Crippen LogP contribution in [-0.2, 0) is 4.79 Å². The van der Waals surface area contributed by atoms with Crippen LogP contribution in [0.15, 0.2) is 47.1 Å². The predicted octanol–water partition coefficient (Wildman–Crippen LogP) is 2.77. The zero-order valence-corrected chi connectivity index (χ0v) is 10.2.